The lowest BCUT2D eigenvalue weighted by molar-refractivity contribution is -0.0751. The molecular weight excluding hydrogens is 373 g/mol. The molecule has 4 heterocycles. The number of nitrogens with zero attached hydrogens (tertiary/aromatic N) is 2. The van der Waals surface area contributed by atoms with Gasteiger partial charge in [0.1, 0.15) is 5.60 Å². The van der Waals surface area contributed by atoms with Crippen LogP contribution in [0, 0.1) is 5.82 Å². The fraction of sp³-hybridized carbons (Fsp3) is 0.318. The largest absolute Gasteiger partial charge is 0.494 e. The van der Waals surface area contributed by atoms with Crippen LogP contribution in [0.15, 0.2) is 30.6 Å². The number of aromatic nitrogens is 2. The van der Waals surface area contributed by atoms with E-state index in [1.165, 1.54) is 13.2 Å². The van der Waals surface area contributed by atoms with Crippen LogP contribution in [-0.4, -0.2) is 28.2 Å². The molecule has 1 aromatic carbocycles. The molecule has 0 amide bonds. The summed E-state index contributed by atoms with van der Waals surface area (Å²) in [5, 5.41) is 12.7. The van der Waals surface area contributed by atoms with Gasteiger partial charge < -0.3 is 24.7 Å². The number of aliphatic hydroxyl groups is 1. The van der Waals surface area contributed by atoms with Gasteiger partial charge in [0.25, 0.3) is 0 Å². The molecule has 1 aliphatic heterocycles. The first kappa shape index (κ1) is 18.3. The van der Waals surface area contributed by atoms with Crippen molar-refractivity contribution >= 4 is 27.3 Å². The highest BCUT2D eigenvalue weighted by molar-refractivity contribution is 6.04. The van der Waals surface area contributed by atoms with Gasteiger partial charge in [0.2, 0.25) is 0 Å². The van der Waals surface area contributed by atoms with E-state index in [9.17, 15) is 9.50 Å². The number of nitrogens with two attached hydrogens (primary N) is 1. The smallest absolute Gasteiger partial charge is 0.167 e. The van der Waals surface area contributed by atoms with Crippen LogP contribution in [0.5, 0.6) is 5.75 Å². The molecule has 0 radical (unpaired) electrons. The second-order valence-electron chi connectivity index (χ2n) is 7.57. The first-order valence-electron chi connectivity index (χ1n) is 9.63. The van der Waals surface area contributed by atoms with Crippen LogP contribution in [0.1, 0.15) is 30.0 Å². The molecule has 1 aliphatic rings. The molecule has 0 aliphatic carbocycles. The lowest BCUT2D eigenvalue weighted by Crippen LogP contribution is -2.35. The molecule has 6 nitrogen and oxygen atoms in total. The Morgan fingerprint density at radius 1 is 1.31 bits per heavy atom. The van der Waals surface area contributed by atoms with Crippen molar-refractivity contribution in [3.05, 3.63) is 53.1 Å². The molecule has 0 bridgehead atoms. The van der Waals surface area contributed by atoms with E-state index >= 15 is 0 Å². The molecule has 0 saturated heterocycles. The van der Waals surface area contributed by atoms with Gasteiger partial charge in [-0.2, -0.15) is 0 Å². The standard InChI is InChI=1S/C22H22FN3O3/c1-3-22(27)11-29-10-12-8-26-9-15-14(7-24)13-4-20(28-2)17(23)6-18(13)25-21(15)19(26)5-16(12)22/h4-6,8-9,27H,3,7,10-11,24H2,1-2H3/t22-/m1/s1. The number of fused-ring (bicyclic) bond motifs is 5. The summed E-state index contributed by atoms with van der Waals surface area (Å²) in [6.45, 7) is 2.93. The maximum Gasteiger partial charge on any atom is 0.167 e. The molecule has 3 aromatic heterocycles. The summed E-state index contributed by atoms with van der Waals surface area (Å²) in [6.07, 6.45) is 4.50. The summed E-state index contributed by atoms with van der Waals surface area (Å²) < 4.78 is 27.1. The van der Waals surface area contributed by atoms with Gasteiger partial charge in [0.05, 0.1) is 36.9 Å². The lowest BCUT2D eigenvalue weighted by Gasteiger charge is -2.33. The fourth-order valence-corrected chi connectivity index (χ4v) is 4.35. The second-order valence-corrected chi connectivity index (χ2v) is 7.57. The zero-order valence-electron chi connectivity index (χ0n) is 16.3. The maximum absolute atomic E-state index is 14.3. The van der Waals surface area contributed by atoms with Crippen molar-refractivity contribution in [2.45, 2.75) is 32.1 Å². The topological polar surface area (TPSA) is 82.0 Å². The Morgan fingerprint density at radius 3 is 2.86 bits per heavy atom. The summed E-state index contributed by atoms with van der Waals surface area (Å²) in [7, 11) is 1.44. The van der Waals surface area contributed by atoms with E-state index in [1.807, 2.05) is 29.8 Å². The first-order chi connectivity index (χ1) is 14.0. The number of methoxy groups -OCH3 is 1. The average molecular weight is 395 g/mol. The Labute approximate surface area is 166 Å². The van der Waals surface area contributed by atoms with Crippen LogP contribution >= 0.6 is 0 Å². The molecule has 0 fully saturated rings. The lowest BCUT2D eigenvalue weighted by atomic mass is 9.87. The Bertz CT molecular complexity index is 1280. The van der Waals surface area contributed by atoms with Crippen LogP contribution in [0.4, 0.5) is 4.39 Å². The zero-order chi connectivity index (χ0) is 20.3. The molecule has 29 heavy (non-hydrogen) atoms. The van der Waals surface area contributed by atoms with Crippen molar-refractivity contribution in [2.24, 2.45) is 5.73 Å². The number of hydrogen-bond donors (Lipinski definition) is 2. The van der Waals surface area contributed by atoms with E-state index in [0.717, 1.165) is 38.5 Å². The molecule has 150 valence electrons. The number of pyridine rings is 2. The summed E-state index contributed by atoms with van der Waals surface area (Å²) in [4.78, 5) is 4.75. The summed E-state index contributed by atoms with van der Waals surface area (Å²) >= 11 is 0. The van der Waals surface area contributed by atoms with Gasteiger partial charge in [-0.3, -0.25) is 0 Å². The first-order valence-corrected chi connectivity index (χ1v) is 9.63. The van der Waals surface area contributed by atoms with Crippen molar-refractivity contribution in [3.63, 3.8) is 0 Å². The van der Waals surface area contributed by atoms with Gasteiger partial charge in [-0.25, -0.2) is 9.37 Å². The van der Waals surface area contributed by atoms with E-state index in [-0.39, 0.29) is 18.9 Å². The highest BCUT2D eigenvalue weighted by Gasteiger charge is 2.34. The molecule has 5 rings (SSSR count). The normalized spacial score (nSPS) is 19.2. The van der Waals surface area contributed by atoms with E-state index in [1.54, 1.807) is 6.07 Å². The monoisotopic (exact) mass is 395 g/mol. The Morgan fingerprint density at radius 2 is 2.14 bits per heavy atom. The van der Waals surface area contributed by atoms with Gasteiger partial charge >= 0.3 is 0 Å². The SMILES string of the molecule is CC[C@@]1(O)COCc2cn3cc4c(CN)c5cc(OC)c(F)cc5nc4c3cc21. The number of halogens is 1. The quantitative estimate of drug-likeness (QED) is 0.556. The number of rotatable bonds is 3. The number of benzene rings is 1. The summed E-state index contributed by atoms with van der Waals surface area (Å²) in [6, 6.07) is 5.00. The van der Waals surface area contributed by atoms with Gasteiger partial charge in [-0.05, 0) is 29.7 Å². The van der Waals surface area contributed by atoms with Crippen LogP contribution in [-0.2, 0) is 23.5 Å². The second kappa shape index (κ2) is 6.38. The van der Waals surface area contributed by atoms with Crippen molar-refractivity contribution < 1.29 is 19.0 Å². The van der Waals surface area contributed by atoms with Crippen LogP contribution in [0.2, 0.25) is 0 Å². The Balaban J connectivity index is 1.89. The molecule has 7 heteroatoms. The minimum Gasteiger partial charge on any atom is -0.494 e. The summed E-state index contributed by atoms with van der Waals surface area (Å²) in [5.41, 5.74) is 9.85. The minimum atomic E-state index is -1.03. The number of ether oxygens (including phenoxy) is 2. The van der Waals surface area contributed by atoms with Crippen molar-refractivity contribution in [3.8, 4) is 5.75 Å². The highest BCUT2D eigenvalue weighted by Crippen LogP contribution is 2.37. The predicted molar refractivity (Wildman–Crippen MR) is 108 cm³/mol. The van der Waals surface area contributed by atoms with Crippen molar-refractivity contribution in [2.75, 3.05) is 13.7 Å². The molecule has 0 spiro atoms. The van der Waals surface area contributed by atoms with E-state index in [2.05, 4.69) is 0 Å². The molecule has 0 saturated carbocycles. The van der Waals surface area contributed by atoms with Gasteiger partial charge in [0.15, 0.2) is 11.6 Å². The van der Waals surface area contributed by atoms with E-state index in [4.69, 9.17) is 20.2 Å². The minimum absolute atomic E-state index is 0.165. The fourth-order valence-electron chi connectivity index (χ4n) is 4.35. The third kappa shape index (κ3) is 2.55. The third-order valence-corrected chi connectivity index (χ3v) is 6.01. The van der Waals surface area contributed by atoms with Gasteiger partial charge in [0, 0.05) is 41.3 Å². The van der Waals surface area contributed by atoms with Crippen molar-refractivity contribution in [1.29, 1.82) is 0 Å². The molecule has 0 unspecified atom stereocenters. The zero-order valence-corrected chi connectivity index (χ0v) is 16.3. The predicted octanol–water partition coefficient (Wildman–Crippen LogP) is 3.37. The van der Waals surface area contributed by atoms with Crippen LogP contribution in [0.3, 0.4) is 0 Å². The third-order valence-electron chi connectivity index (χ3n) is 6.01. The Hall–Kier alpha value is -2.74. The molecule has 1 atom stereocenters. The van der Waals surface area contributed by atoms with Crippen molar-refractivity contribution in [1.82, 2.24) is 9.38 Å². The van der Waals surface area contributed by atoms with E-state index < -0.39 is 11.4 Å². The summed E-state index contributed by atoms with van der Waals surface area (Å²) in [5.74, 6) is -0.300. The van der Waals surface area contributed by atoms with E-state index in [0.29, 0.717) is 18.5 Å². The van der Waals surface area contributed by atoms with Crippen LogP contribution < -0.4 is 10.5 Å². The maximum atomic E-state index is 14.3. The van der Waals surface area contributed by atoms with Gasteiger partial charge in [-0.1, -0.05) is 6.92 Å². The molecule has 4 aromatic rings. The van der Waals surface area contributed by atoms with Crippen LogP contribution in [0.25, 0.3) is 27.3 Å². The highest BCUT2D eigenvalue weighted by atomic mass is 19.1. The number of hydrogen-bond acceptors (Lipinski definition) is 5. The average Bonchev–Trinajstić information content (AvgIpc) is 3.07. The molecule has 3 N–H and O–H groups in total. The Kier molecular flexibility index (Phi) is 4.03. The molecular formula is C22H22FN3O3. The van der Waals surface area contributed by atoms with Gasteiger partial charge in [-0.15, -0.1) is 0 Å².